The van der Waals surface area contributed by atoms with Gasteiger partial charge in [-0.25, -0.2) is 14.6 Å². The summed E-state index contributed by atoms with van der Waals surface area (Å²) in [6.07, 6.45) is -0.422. The summed E-state index contributed by atoms with van der Waals surface area (Å²) >= 11 is 1.54. The molecule has 24 heavy (non-hydrogen) atoms. The monoisotopic (exact) mass is 348 g/mol. The van der Waals surface area contributed by atoms with E-state index in [4.69, 9.17) is 4.74 Å². The van der Waals surface area contributed by atoms with Crippen LogP contribution >= 0.6 is 11.3 Å². The maximum absolute atomic E-state index is 11.9. The Kier molecular flexibility index (Phi) is 6.14. The highest BCUT2D eigenvalue weighted by atomic mass is 32.1. The number of thiazole rings is 1. The minimum atomic E-state index is -0.422. The Hall–Kier alpha value is -2.61. The first-order valence-electron chi connectivity index (χ1n) is 7.46. The maximum Gasteiger partial charge on any atom is 0.413 e. The van der Waals surface area contributed by atoms with Gasteiger partial charge in [-0.15, -0.1) is 11.3 Å². The molecule has 0 unspecified atom stereocenters. The second kappa shape index (κ2) is 8.30. The quantitative estimate of drug-likeness (QED) is 0.868. The van der Waals surface area contributed by atoms with E-state index < -0.39 is 6.09 Å². The van der Waals surface area contributed by atoms with Crippen LogP contribution in [0.5, 0.6) is 0 Å². The smallest absolute Gasteiger partial charge is 0.413 e. The largest absolute Gasteiger partial charge is 0.449 e. The third-order valence-electron chi connectivity index (χ3n) is 3.15. The zero-order valence-corrected chi connectivity index (χ0v) is 14.6. The van der Waals surface area contributed by atoms with Crippen LogP contribution < -0.4 is 15.5 Å². The minimum absolute atomic E-state index is 0.313. The number of carbonyl (C=O) groups is 2. The predicted molar refractivity (Wildman–Crippen MR) is 94.6 cm³/mol. The molecule has 0 aliphatic heterocycles. The molecule has 1 aromatic heterocycles. The number of rotatable bonds is 5. The van der Waals surface area contributed by atoms with Gasteiger partial charge < -0.3 is 15.4 Å². The van der Waals surface area contributed by atoms with Gasteiger partial charge in [0.15, 0.2) is 0 Å². The van der Waals surface area contributed by atoms with E-state index in [9.17, 15) is 9.59 Å². The summed E-state index contributed by atoms with van der Waals surface area (Å²) < 4.78 is 4.93. The average molecular weight is 348 g/mol. The lowest BCUT2D eigenvalue weighted by molar-refractivity contribution is 0.161. The van der Waals surface area contributed by atoms with Crippen LogP contribution in [0.15, 0.2) is 29.6 Å². The first kappa shape index (κ1) is 17.7. The van der Waals surface area contributed by atoms with Gasteiger partial charge in [-0.2, -0.15) is 0 Å². The molecule has 7 nitrogen and oxygen atoms in total. The Morgan fingerprint density at radius 3 is 2.58 bits per heavy atom. The highest BCUT2D eigenvalue weighted by molar-refractivity contribution is 7.09. The molecule has 128 valence electrons. The van der Waals surface area contributed by atoms with Gasteiger partial charge in [0.2, 0.25) is 0 Å². The highest BCUT2D eigenvalue weighted by Crippen LogP contribution is 2.17. The summed E-state index contributed by atoms with van der Waals surface area (Å²) in [5.74, 6) is 0. The number of anilines is 2. The lowest BCUT2D eigenvalue weighted by Crippen LogP contribution is -2.28. The molecule has 0 radical (unpaired) electrons. The average Bonchev–Trinajstić information content (AvgIpc) is 2.99. The Labute approximate surface area is 144 Å². The number of nitrogens with one attached hydrogen (secondary N) is 2. The van der Waals surface area contributed by atoms with E-state index >= 15 is 0 Å². The molecule has 0 saturated heterocycles. The van der Waals surface area contributed by atoms with Crippen molar-refractivity contribution in [2.45, 2.75) is 20.4 Å². The summed E-state index contributed by atoms with van der Waals surface area (Å²) in [6.45, 7) is 4.37. The second-order valence-electron chi connectivity index (χ2n) is 4.97. The molecule has 2 aromatic rings. The number of aromatic nitrogens is 1. The van der Waals surface area contributed by atoms with Gasteiger partial charge in [0.25, 0.3) is 0 Å². The van der Waals surface area contributed by atoms with E-state index in [0.717, 1.165) is 10.7 Å². The van der Waals surface area contributed by atoms with E-state index in [1.54, 1.807) is 49.6 Å². The van der Waals surface area contributed by atoms with Crippen molar-refractivity contribution in [3.8, 4) is 0 Å². The standard InChI is InChI=1S/C16H20N4O3S/c1-4-23-16(22)20(3)14-7-5-12(6-8-14)19-15(21)17-9-13-10-24-11(2)18-13/h5-8,10H,4,9H2,1-3H3,(H2,17,19,21). The SMILES string of the molecule is CCOC(=O)N(C)c1ccc(NC(=O)NCc2csc(C)n2)cc1. The highest BCUT2D eigenvalue weighted by Gasteiger charge is 2.11. The van der Waals surface area contributed by atoms with Crippen molar-refractivity contribution in [2.75, 3.05) is 23.9 Å². The fourth-order valence-corrected chi connectivity index (χ4v) is 2.54. The number of carbonyl (C=O) groups excluding carboxylic acids is 2. The van der Waals surface area contributed by atoms with Crippen molar-refractivity contribution in [1.82, 2.24) is 10.3 Å². The van der Waals surface area contributed by atoms with E-state index in [1.807, 2.05) is 12.3 Å². The molecular formula is C16H20N4O3S. The van der Waals surface area contributed by atoms with E-state index in [-0.39, 0.29) is 6.03 Å². The van der Waals surface area contributed by atoms with Crippen LogP contribution in [0.2, 0.25) is 0 Å². The van der Waals surface area contributed by atoms with E-state index in [2.05, 4.69) is 15.6 Å². The van der Waals surface area contributed by atoms with Crippen LogP contribution in [0, 0.1) is 6.92 Å². The number of hydrogen-bond acceptors (Lipinski definition) is 5. The van der Waals surface area contributed by atoms with Gasteiger partial charge in [0.05, 0.1) is 23.9 Å². The van der Waals surface area contributed by atoms with Crippen molar-refractivity contribution < 1.29 is 14.3 Å². The molecule has 0 spiro atoms. The van der Waals surface area contributed by atoms with Crippen LogP contribution in [0.3, 0.4) is 0 Å². The normalized spacial score (nSPS) is 10.1. The van der Waals surface area contributed by atoms with Crippen LogP contribution in [-0.2, 0) is 11.3 Å². The van der Waals surface area contributed by atoms with E-state index in [1.165, 1.54) is 4.90 Å². The molecule has 0 aliphatic carbocycles. The summed E-state index contributed by atoms with van der Waals surface area (Å²) in [4.78, 5) is 29.2. The molecule has 0 fully saturated rings. The number of aryl methyl sites for hydroxylation is 1. The fraction of sp³-hybridized carbons (Fsp3) is 0.312. The lowest BCUT2D eigenvalue weighted by atomic mass is 10.2. The first-order chi connectivity index (χ1) is 11.5. The first-order valence-corrected chi connectivity index (χ1v) is 8.34. The molecule has 1 aromatic carbocycles. The Morgan fingerprint density at radius 1 is 1.29 bits per heavy atom. The van der Waals surface area contributed by atoms with Crippen molar-refractivity contribution in [3.63, 3.8) is 0 Å². The molecule has 0 bridgehead atoms. The molecule has 2 rings (SSSR count). The number of amides is 3. The second-order valence-corrected chi connectivity index (χ2v) is 6.03. The summed E-state index contributed by atoms with van der Waals surface area (Å²) in [5.41, 5.74) is 2.14. The lowest BCUT2D eigenvalue weighted by Gasteiger charge is -2.17. The summed E-state index contributed by atoms with van der Waals surface area (Å²) in [5, 5.41) is 8.35. The zero-order chi connectivity index (χ0) is 17.5. The molecule has 3 amide bonds. The van der Waals surface area contributed by atoms with Crippen LogP contribution in [-0.4, -0.2) is 30.8 Å². The summed E-state index contributed by atoms with van der Waals surface area (Å²) in [6, 6.07) is 6.59. The van der Waals surface area contributed by atoms with Gasteiger partial charge in [-0.1, -0.05) is 0 Å². The summed E-state index contributed by atoms with van der Waals surface area (Å²) in [7, 11) is 1.63. The zero-order valence-electron chi connectivity index (χ0n) is 13.8. The molecular weight excluding hydrogens is 328 g/mol. The molecule has 0 atom stereocenters. The van der Waals surface area contributed by atoms with Crippen molar-refractivity contribution in [3.05, 3.63) is 40.3 Å². The van der Waals surface area contributed by atoms with Crippen LogP contribution in [0.4, 0.5) is 21.0 Å². The van der Waals surface area contributed by atoms with Gasteiger partial charge in [0, 0.05) is 23.8 Å². The van der Waals surface area contributed by atoms with Gasteiger partial charge in [-0.05, 0) is 38.1 Å². The minimum Gasteiger partial charge on any atom is -0.449 e. The molecule has 0 aliphatic rings. The number of urea groups is 1. The van der Waals surface area contributed by atoms with Crippen molar-refractivity contribution in [1.29, 1.82) is 0 Å². The van der Waals surface area contributed by atoms with E-state index in [0.29, 0.717) is 24.5 Å². The van der Waals surface area contributed by atoms with Crippen molar-refractivity contribution >= 4 is 34.8 Å². The predicted octanol–water partition coefficient (Wildman–Crippen LogP) is 3.37. The Balaban J connectivity index is 1.86. The van der Waals surface area contributed by atoms with Gasteiger partial charge in [0.1, 0.15) is 0 Å². The fourth-order valence-electron chi connectivity index (χ4n) is 1.93. The van der Waals surface area contributed by atoms with Gasteiger partial charge >= 0.3 is 12.1 Å². The number of benzene rings is 1. The molecule has 0 saturated carbocycles. The molecule has 2 N–H and O–H groups in total. The van der Waals surface area contributed by atoms with Crippen LogP contribution in [0.1, 0.15) is 17.6 Å². The number of nitrogens with zero attached hydrogens (tertiary/aromatic N) is 2. The van der Waals surface area contributed by atoms with Gasteiger partial charge in [-0.3, -0.25) is 4.90 Å². The Bertz CT molecular complexity index is 700. The maximum atomic E-state index is 11.9. The third-order valence-corrected chi connectivity index (χ3v) is 3.97. The molecule has 8 heteroatoms. The third kappa shape index (κ3) is 4.95. The van der Waals surface area contributed by atoms with Crippen molar-refractivity contribution in [2.24, 2.45) is 0 Å². The Morgan fingerprint density at radius 2 is 2.00 bits per heavy atom. The molecule has 1 heterocycles. The number of hydrogen-bond donors (Lipinski definition) is 2. The topological polar surface area (TPSA) is 83.6 Å². The van der Waals surface area contributed by atoms with Crippen LogP contribution in [0.25, 0.3) is 0 Å². The number of ether oxygens (including phenoxy) is 1.